The highest BCUT2D eigenvalue weighted by Gasteiger charge is 2.28. The Labute approximate surface area is 145 Å². The number of anilines is 1. The van der Waals surface area contributed by atoms with Crippen molar-refractivity contribution in [3.63, 3.8) is 0 Å². The highest BCUT2D eigenvalue weighted by Crippen LogP contribution is 2.40. The van der Waals surface area contributed by atoms with Crippen LogP contribution in [0.15, 0.2) is 33.2 Å². The number of ketones is 1. The molecule has 0 atom stereocenters. The van der Waals surface area contributed by atoms with E-state index in [1.165, 1.54) is 12.1 Å². The summed E-state index contributed by atoms with van der Waals surface area (Å²) >= 11 is 12.0. The zero-order valence-electron chi connectivity index (χ0n) is 10.6. The Morgan fingerprint density at radius 1 is 1.32 bits per heavy atom. The first-order chi connectivity index (χ1) is 10.2. The number of halogens is 4. The monoisotopic (exact) mass is 450 g/mol. The van der Waals surface area contributed by atoms with Gasteiger partial charge in [-0.3, -0.25) is 14.9 Å². The molecule has 0 aromatic heterocycles. The Bertz CT molecular complexity index is 814. The fourth-order valence-electron chi connectivity index (χ4n) is 1.83. The van der Waals surface area contributed by atoms with Crippen LogP contribution in [0.1, 0.15) is 15.9 Å². The van der Waals surface area contributed by atoms with Crippen LogP contribution in [0.2, 0.25) is 5.02 Å². The van der Waals surface area contributed by atoms with E-state index in [0.717, 1.165) is 12.1 Å². The van der Waals surface area contributed by atoms with E-state index in [4.69, 9.17) is 17.3 Å². The zero-order valence-corrected chi connectivity index (χ0v) is 14.5. The number of rotatable bonds is 3. The van der Waals surface area contributed by atoms with Gasteiger partial charge in [-0.15, -0.1) is 0 Å². The van der Waals surface area contributed by atoms with Crippen LogP contribution in [-0.2, 0) is 0 Å². The van der Waals surface area contributed by atoms with Crippen molar-refractivity contribution in [2.24, 2.45) is 0 Å². The molecule has 2 rings (SSSR count). The minimum absolute atomic E-state index is 0.0321. The molecule has 5 nitrogen and oxygen atoms in total. The number of carbonyl (C=O) groups is 1. The lowest BCUT2D eigenvalue weighted by molar-refractivity contribution is -0.384. The molecule has 0 radical (unpaired) electrons. The Balaban J connectivity index is 2.72. The molecule has 0 aliphatic heterocycles. The van der Waals surface area contributed by atoms with Gasteiger partial charge in [-0.25, -0.2) is 4.39 Å². The maximum atomic E-state index is 13.3. The van der Waals surface area contributed by atoms with Gasteiger partial charge in [0.15, 0.2) is 5.78 Å². The number of hydrogen-bond acceptors (Lipinski definition) is 4. The molecule has 0 fully saturated rings. The standard InChI is InChI=1S/C13H6Br2ClFN2O3/c14-7-4-9(18)12(19(21)22)11(15)10(7)13(20)6-3-5(17)1-2-8(6)16/h1-4H,18H2. The van der Waals surface area contributed by atoms with Crippen molar-refractivity contribution < 1.29 is 14.1 Å². The van der Waals surface area contributed by atoms with E-state index in [1.54, 1.807) is 0 Å². The fraction of sp³-hybridized carbons (Fsp3) is 0. The first kappa shape index (κ1) is 16.9. The highest BCUT2D eigenvalue weighted by molar-refractivity contribution is 9.11. The molecule has 2 N–H and O–H groups in total. The normalized spacial score (nSPS) is 10.5. The lowest BCUT2D eigenvalue weighted by Crippen LogP contribution is -2.08. The maximum absolute atomic E-state index is 13.3. The Morgan fingerprint density at radius 2 is 1.95 bits per heavy atom. The third-order valence-corrected chi connectivity index (χ3v) is 4.53. The van der Waals surface area contributed by atoms with E-state index in [2.05, 4.69) is 31.9 Å². The third-order valence-electron chi connectivity index (χ3n) is 2.80. The van der Waals surface area contributed by atoms with E-state index in [0.29, 0.717) is 0 Å². The molecule has 2 aromatic rings. The van der Waals surface area contributed by atoms with E-state index in [9.17, 15) is 19.3 Å². The average molecular weight is 452 g/mol. The molecule has 0 amide bonds. The summed E-state index contributed by atoms with van der Waals surface area (Å²) in [6.07, 6.45) is 0. The number of carbonyl (C=O) groups excluding carboxylic acids is 1. The molecular formula is C13H6Br2ClFN2O3. The Hall–Kier alpha value is -1.51. The van der Waals surface area contributed by atoms with E-state index >= 15 is 0 Å². The van der Waals surface area contributed by atoms with Crippen molar-refractivity contribution in [1.82, 2.24) is 0 Å². The van der Waals surface area contributed by atoms with Crippen molar-refractivity contribution in [2.75, 3.05) is 5.73 Å². The number of hydrogen-bond donors (Lipinski definition) is 1. The van der Waals surface area contributed by atoms with Gasteiger partial charge in [0.25, 0.3) is 0 Å². The largest absolute Gasteiger partial charge is 0.393 e. The molecule has 0 unspecified atom stereocenters. The number of nitro benzene ring substituents is 1. The van der Waals surface area contributed by atoms with Crippen LogP contribution < -0.4 is 5.73 Å². The lowest BCUT2D eigenvalue weighted by atomic mass is 10.0. The number of nitrogens with two attached hydrogens (primary N) is 1. The topological polar surface area (TPSA) is 86.2 Å². The molecule has 0 aliphatic carbocycles. The number of benzene rings is 2. The van der Waals surface area contributed by atoms with E-state index in [1.807, 2.05) is 0 Å². The molecule has 9 heteroatoms. The molecule has 0 saturated heterocycles. The number of nitro groups is 1. The summed E-state index contributed by atoms with van der Waals surface area (Å²) < 4.78 is 13.5. The van der Waals surface area contributed by atoms with Gasteiger partial charge in [-0.05, 0) is 56.1 Å². The number of nitrogen functional groups attached to an aromatic ring is 1. The summed E-state index contributed by atoms with van der Waals surface area (Å²) in [5.41, 5.74) is 4.85. The molecule has 114 valence electrons. The van der Waals surface area contributed by atoms with Gasteiger partial charge in [0.2, 0.25) is 0 Å². The van der Waals surface area contributed by atoms with Crippen molar-refractivity contribution in [1.29, 1.82) is 0 Å². The Morgan fingerprint density at radius 3 is 2.55 bits per heavy atom. The third kappa shape index (κ3) is 2.99. The van der Waals surface area contributed by atoms with E-state index < -0.39 is 22.2 Å². The quantitative estimate of drug-likeness (QED) is 0.316. The highest BCUT2D eigenvalue weighted by atomic mass is 79.9. The van der Waals surface area contributed by atoms with Gasteiger partial charge >= 0.3 is 5.69 Å². The predicted octanol–water partition coefficient (Wildman–Crippen LogP) is 4.73. The Kier molecular flexibility index (Phi) is 4.84. The first-order valence-electron chi connectivity index (χ1n) is 5.65. The molecule has 22 heavy (non-hydrogen) atoms. The first-order valence-corrected chi connectivity index (χ1v) is 7.62. The zero-order chi connectivity index (χ0) is 16.6. The van der Waals surface area contributed by atoms with Gasteiger partial charge < -0.3 is 5.73 Å². The second-order valence-electron chi connectivity index (χ2n) is 4.20. The number of nitrogens with zero attached hydrogens (tertiary/aromatic N) is 1. The molecule has 0 aliphatic rings. The van der Waals surface area contributed by atoms with Crippen LogP contribution in [-0.4, -0.2) is 10.7 Å². The van der Waals surface area contributed by atoms with Crippen LogP contribution in [0.4, 0.5) is 15.8 Å². The van der Waals surface area contributed by atoms with Crippen molar-refractivity contribution in [3.8, 4) is 0 Å². The predicted molar refractivity (Wildman–Crippen MR) is 87.8 cm³/mol. The van der Waals surface area contributed by atoms with Crippen LogP contribution >= 0.6 is 43.5 Å². The van der Waals surface area contributed by atoms with Crippen molar-refractivity contribution in [2.45, 2.75) is 0 Å². The van der Waals surface area contributed by atoms with Gasteiger partial charge in [0, 0.05) is 10.0 Å². The van der Waals surface area contributed by atoms with Crippen LogP contribution in [0.25, 0.3) is 0 Å². The fourth-order valence-corrected chi connectivity index (χ4v) is 3.69. The minimum Gasteiger partial charge on any atom is -0.393 e. The van der Waals surface area contributed by atoms with Crippen LogP contribution in [0.5, 0.6) is 0 Å². The van der Waals surface area contributed by atoms with Crippen LogP contribution in [0.3, 0.4) is 0 Å². The van der Waals surface area contributed by atoms with Gasteiger partial charge in [-0.1, -0.05) is 11.6 Å². The summed E-state index contributed by atoms with van der Waals surface area (Å²) in [7, 11) is 0. The van der Waals surface area contributed by atoms with Gasteiger partial charge in [0.05, 0.1) is 15.5 Å². The van der Waals surface area contributed by atoms with Crippen molar-refractivity contribution >= 4 is 60.6 Å². The smallest absolute Gasteiger partial charge is 0.306 e. The van der Waals surface area contributed by atoms with E-state index in [-0.39, 0.29) is 30.8 Å². The molecule has 0 spiro atoms. The second kappa shape index (κ2) is 6.31. The maximum Gasteiger partial charge on any atom is 0.306 e. The SMILES string of the molecule is Nc1cc(Br)c(C(=O)c2cc(F)ccc2Cl)c(Br)c1[N+](=O)[O-]. The summed E-state index contributed by atoms with van der Waals surface area (Å²) in [5, 5.41) is 11.1. The molecule has 0 bridgehead atoms. The minimum atomic E-state index is -0.712. The summed E-state index contributed by atoms with van der Waals surface area (Å²) in [5.74, 6) is -1.32. The molecule has 2 aromatic carbocycles. The summed E-state index contributed by atoms with van der Waals surface area (Å²) in [6, 6.07) is 4.54. The van der Waals surface area contributed by atoms with Gasteiger partial charge in [0.1, 0.15) is 16.0 Å². The second-order valence-corrected chi connectivity index (χ2v) is 6.25. The molecule has 0 heterocycles. The van der Waals surface area contributed by atoms with Crippen LogP contribution in [0, 0.1) is 15.9 Å². The van der Waals surface area contributed by atoms with Gasteiger partial charge in [-0.2, -0.15) is 0 Å². The summed E-state index contributed by atoms with van der Waals surface area (Å²) in [4.78, 5) is 22.9. The lowest BCUT2D eigenvalue weighted by Gasteiger charge is -2.10. The molecule has 0 saturated carbocycles. The van der Waals surface area contributed by atoms with Crippen molar-refractivity contribution in [3.05, 3.63) is 65.3 Å². The summed E-state index contributed by atoms with van der Waals surface area (Å²) in [6.45, 7) is 0. The average Bonchev–Trinajstić information content (AvgIpc) is 2.40. The molecular weight excluding hydrogens is 446 g/mol.